The van der Waals surface area contributed by atoms with Crippen LogP contribution in [0.15, 0.2) is 71.8 Å². The van der Waals surface area contributed by atoms with Crippen molar-refractivity contribution in [3.05, 3.63) is 94.0 Å². The Bertz CT molecular complexity index is 1090. The average Bonchev–Trinajstić information content (AvgIpc) is 2.85. The standard InChI is InChI=1S/C25H29N5O2/c1-2-28-13-15-29(16-14-28)23-11-10-21(17-26-23)18-27-24(31)22-9-6-12-30(25(22)32)19-20-7-4-3-5-8-20/h3-12,17H,2,13-16,18-19H2,1H3,(H,27,31). The first-order chi connectivity index (χ1) is 15.6. The number of pyridine rings is 2. The highest BCUT2D eigenvalue weighted by molar-refractivity contribution is 5.93. The minimum atomic E-state index is -0.378. The van der Waals surface area contributed by atoms with Crippen molar-refractivity contribution in [1.29, 1.82) is 0 Å². The molecule has 1 aliphatic rings. The summed E-state index contributed by atoms with van der Waals surface area (Å²) in [5.41, 5.74) is 1.75. The van der Waals surface area contributed by atoms with Gasteiger partial charge in [0.25, 0.3) is 11.5 Å². The Labute approximate surface area is 188 Å². The Morgan fingerprint density at radius 1 is 0.969 bits per heavy atom. The van der Waals surface area contributed by atoms with E-state index in [1.165, 1.54) is 0 Å². The molecule has 3 aromatic rings. The number of piperazine rings is 1. The molecule has 166 valence electrons. The number of carbonyl (C=O) groups excluding carboxylic acids is 1. The molecular weight excluding hydrogens is 402 g/mol. The maximum atomic E-state index is 12.8. The van der Waals surface area contributed by atoms with Gasteiger partial charge in [0.1, 0.15) is 11.4 Å². The summed E-state index contributed by atoms with van der Waals surface area (Å²) in [5.74, 6) is 0.583. The Balaban J connectivity index is 1.36. The fourth-order valence-electron chi connectivity index (χ4n) is 3.89. The molecule has 1 amide bonds. The lowest BCUT2D eigenvalue weighted by atomic mass is 10.2. The van der Waals surface area contributed by atoms with Crippen LogP contribution in [0.3, 0.4) is 0 Å². The van der Waals surface area contributed by atoms with Crippen LogP contribution >= 0.6 is 0 Å². The van der Waals surface area contributed by atoms with Crippen molar-refractivity contribution in [1.82, 2.24) is 19.8 Å². The maximum absolute atomic E-state index is 12.8. The van der Waals surface area contributed by atoms with Gasteiger partial charge in [0, 0.05) is 45.1 Å². The van der Waals surface area contributed by atoms with Crippen molar-refractivity contribution in [2.75, 3.05) is 37.6 Å². The van der Waals surface area contributed by atoms with Gasteiger partial charge >= 0.3 is 0 Å². The van der Waals surface area contributed by atoms with E-state index < -0.39 is 0 Å². The number of rotatable bonds is 7. The summed E-state index contributed by atoms with van der Waals surface area (Å²) in [6.45, 7) is 8.06. The number of likely N-dealkylation sites (N-methyl/N-ethyl adjacent to an activating group) is 1. The molecule has 0 radical (unpaired) electrons. The Hall–Kier alpha value is -3.45. The molecule has 7 heteroatoms. The second-order valence-corrected chi connectivity index (χ2v) is 7.97. The molecule has 1 aromatic carbocycles. The number of hydrogen-bond donors (Lipinski definition) is 1. The monoisotopic (exact) mass is 431 g/mol. The molecule has 0 bridgehead atoms. The number of nitrogens with one attached hydrogen (secondary N) is 1. The second kappa shape index (κ2) is 10.2. The first kappa shape index (κ1) is 21.8. The fraction of sp³-hybridized carbons (Fsp3) is 0.320. The van der Waals surface area contributed by atoms with Crippen LogP contribution in [0, 0.1) is 0 Å². The molecule has 1 aliphatic heterocycles. The Kier molecular flexibility index (Phi) is 6.97. The van der Waals surface area contributed by atoms with Crippen LogP contribution in [0.25, 0.3) is 0 Å². The molecule has 0 atom stereocenters. The lowest BCUT2D eigenvalue weighted by Crippen LogP contribution is -2.46. The number of anilines is 1. The zero-order valence-corrected chi connectivity index (χ0v) is 18.4. The van der Waals surface area contributed by atoms with Gasteiger partial charge in [-0.1, -0.05) is 43.3 Å². The van der Waals surface area contributed by atoms with Gasteiger partial charge in [-0.05, 0) is 35.9 Å². The second-order valence-electron chi connectivity index (χ2n) is 7.97. The van der Waals surface area contributed by atoms with Crippen LogP contribution in [0.2, 0.25) is 0 Å². The van der Waals surface area contributed by atoms with E-state index in [4.69, 9.17) is 0 Å². The summed E-state index contributed by atoms with van der Waals surface area (Å²) in [5, 5.41) is 2.85. The molecule has 0 spiro atoms. The molecule has 0 saturated carbocycles. The summed E-state index contributed by atoms with van der Waals surface area (Å²) >= 11 is 0. The summed E-state index contributed by atoms with van der Waals surface area (Å²) in [6.07, 6.45) is 3.50. The minimum absolute atomic E-state index is 0.141. The third-order valence-electron chi connectivity index (χ3n) is 5.87. The molecule has 1 saturated heterocycles. The van der Waals surface area contributed by atoms with Crippen molar-refractivity contribution in [3.8, 4) is 0 Å². The molecule has 1 N–H and O–H groups in total. The number of benzene rings is 1. The smallest absolute Gasteiger partial charge is 0.263 e. The van der Waals surface area contributed by atoms with Gasteiger partial charge in [0.05, 0.1) is 6.54 Å². The van der Waals surface area contributed by atoms with Crippen LogP contribution in [0.4, 0.5) is 5.82 Å². The summed E-state index contributed by atoms with van der Waals surface area (Å²) in [4.78, 5) is 34.7. The molecular formula is C25H29N5O2. The molecule has 1 fully saturated rings. The van der Waals surface area contributed by atoms with Crippen molar-refractivity contribution >= 4 is 11.7 Å². The van der Waals surface area contributed by atoms with Gasteiger partial charge in [-0.2, -0.15) is 0 Å². The van der Waals surface area contributed by atoms with E-state index >= 15 is 0 Å². The first-order valence-corrected chi connectivity index (χ1v) is 11.1. The van der Waals surface area contributed by atoms with Crippen molar-refractivity contribution in [2.45, 2.75) is 20.0 Å². The zero-order valence-electron chi connectivity index (χ0n) is 18.4. The van der Waals surface area contributed by atoms with Crippen LogP contribution in [0.1, 0.15) is 28.4 Å². The lowest BCUT2D eigenvalue weighted by molar-refractivity contribution is 0.0948. The van der Waals surface area contributed by atoms with E-state index in [1.807, 2.05) is 42.5 Å². The van der Waals surface area contributed by atoms with Crippen LogP contribution in [0.5, 0.6) is 0 Å². The summed E-state index contributed by atoms with van der Waals surface area (Å²) in [6, 6.07) is 17.0. The maximum Gasteiger partial charge on any atom is 0.263 e. The third kappa shape index (κ3) is 5.23. The predicted octanol–water partition coefficient (Wildman–Crippen LogP) is 2.36. The molecule has 0 unspecified atom stereocenters. The van der Waals surface area contributed by atoms with Crippen molar-refractivity contribution < 1.29 is 4.79 Å². The molecule has 0 aliphatic carbocycles. The topological polar surface area (TPSA) is 70.5 Å². The molecule has 7 nitrogen and oxygen atoms in total. The highest BCUT2D eigenvalue weighted by Crippen LogP contribution is 2.14. The van der Waals surface area contributed by atoms with E-state index in [2.05, 4.69) is 27.0 Å². The van der Waals surface area contributed by atoms with E-state index in [0.717, 1.165) is 49.7 Å². The minimum Gasteiger partial charge on any atom is -0.354 e. The van der Waals surface area contributed by atoms with Gasteiger partial charge in [0.2, 0.25) is 0 Å². The number of hydrogen-bond acceptors (Lipinski definition) is 5. The zero-order chi connectivity index (χ0) is 22.3. The number of carbonyl (C=O) groups is 1. The molecule has 3 heterocycles. The van der Waals surface area contributed by atoms with Gasteiger partial charge in [-0.25, -0.2) is 4.98 Å². The molecule has 32 heavy (non-hydrogen) atoms. The van der Waals surface area contributed by atoms with E-state index in [1.54, 1.807) is 29.1 Å². The number of nitrogens with zero attached hydrogens (tertiary/aromatic N) is 4. The highest BCUT2D eigenvalue weighted by Gasteiger charge is 2.17. The first-order valence-electron chi connectivity index (χ1n) is 11.1. The SMILES string of the molecule is CCN1CCN(c2ccc(CNC(=O)c3cccn(Cc4ccccc4)c3=O)cn2)CC1. The van der Waals surface area contributed by atoms with Gasteiger partial charge in [-0.15, -0.1) is 0 Å². The lowest BCUT2D eigenvalue weighted by Gasteiger charge is -2.34. The quantitative estimate of drug-likeness (QED) is 0.622. The van der Waals surface area contributed by atoms with Crippen molar-refractivity contribution in [3.63, 3.8) is 0 Å². The van der Waals surface area contributed by atoms with Gasteiger partial charge in [0.15, 0.2) is 0 Å². The summed E-state index contributed by atoms with van der Waals surface area (Å²) < 4.78 is 1.55. The number of aromatic nitrogens is 2. The van der Waals surface area contributed by atoms with Gasteiger partial charge in [-0.3, -0.25) is 9.59 Å². The highest BCUT2D eigenvalue weighted by atomic mass is 16.2. The summed E-state index contributed by atoms with van der Waals surface area (Å²) in [7, 11) is 0. The Morgan fingerprint density at radius 2 is 1.75 bits per heavy atom. The Morgan fingerprint density at radius 3 is 2.44 bits per heavy atom. The van der Waals surface area contributed by atoms with Crippen LogP contribution in [-0.4, -0.2) is 53.1 Å². The van der Waals surface area contributed by atoms with E-state index in [-0.39, 0.29) is 17.0 Å². The normalized spacial score (nSPS) is 14.3. The molecule has 4 rings (SSSR count). The molecule has 2 aromatic heterocycles. The van der Waals surface area contributed by atoms with Crippen LogP contribution < -0.4 is 15.8 Å². The average molecular weight is 432 g/mol. The van der Waals surface area contributed by atoms with Crippen molar-refractivity contribution in [2.24, 2.45) is 0 Å². The van der Waals surface area contributed by atoms with Gasteiger partial charge < -0.3 is 19.7 Å². The fourth-order valence-corrected chi connectivity index (χ4v) is 3.89. The number of amides is 1. The third-order valence-corrected chi connectivity index (χ3v) is 5.87. The predicted molar refractivity (Wildman–Crippen MR) is 126 cm³/mol. The largest absolute Gasteiger partial charge is 0.354 e. The van der Waals surface area contributed by atoms with E-state index in [9.17, 15) is 9.59 Å². The van der Waals surface area contributed by atoms with Crippen LogP contribution in [-0.2, 0) is 13.1 Å². The van der Waals surface area contributed by atoms with E-state index in [0.29, 0.717) is 13.1 Å².